The Morgan fingerprint density at radius 2 is 1.60 bits per heavy atom. The highest BCUT2D eigenvalue weighted by atomic mass is 19.2. The molecule has 0 aliphatic rings. The molecule has 6 heteroatoms. The first-order chi connectivity index (χ1) is 9.45. The molecular formula is C14H12F4N2. The van der Waals surface area contributed by atoms with Gasteiger partial charge in [0.25, 0.3) is 0 Å². The highest BCUT2D eigenvalue weighted by molar-refractivity contribution is 5.36. The molecule has 1 unspecified atom stereocenters. The van der Waals surface area contributed by atoms with Crippen molar-refractivity contribution in [2.75, 3.05) is 0 Å². The van der Waals surface area contributed by atoms with Crippen LogP contribution in [0.5, 0.6) is 0 Å². The van der Waals surface area contributed by atoms with Crippen LogP contribution in [-0.2, 0) is 0 Å². The molecule has 0 saturated heterocycles. The molecule has 1 atom stereocenters. The average Bonchev–Trinajstić information content (AvgIpc) is 2.42. The summed E-state index contributed by atoms with van der Waals surface area (Å²) < 4.78 is 54.0. The highest BCUT2D eigenvalue weighted by Gasteiger charge is 2.23. The number of benzene rings is 2. The minimum Gasteiger partial charge on any atom is -0.271 e. The first-order valence-electron chi connectivity index (χ1n) is 5.81. The number of hydrogen-bond acceptors (Lipinski definition) is 2. The summed E-state index contributed by atoms with van der Waals surface area (Å²) in [5, 5.41) is 0. The van der Waals surface area contributed by atoms with Crippen LogP contribution in [0.2, 0.25) is 0 Å². The predicted molar refractivity (Wildman–Crippen MR) is 66.6 cm³/mol. The molecule has 0 aromatic heterocycles. The number of hydrogen-bond donors (Lipinski definition) is 2. The molecule has 0 fully saturated rings. The van der Waals surface area contributed by atoms with Crippen LogP contribution in [0.3, 0.4) is 0 Å². The third-order valence-corrected chi connectivity index (χ3v) is 3.05. The Balaban J connectivity index is 2.58. The summed E-state index contributed by atoms with van der Waals surface area (Å²) in [5.74, 6) is 1.55. The van der Waals surface area contributed by atoms with Crippen LogP contribution in [0, 0.1) is 30.2 Å². The van der Waals surface area contributed by atoms with Gasteiger partial charge >= 0.3 is 0 Å². The van der Waals surface area contributed by atoms with Crippen LogP contribution in [0.15, 0.2) is 30.3 Å². The van der Waals surface area contributed by atoms with E-state index in [0.717, 1.165) is 18.2 Å². The van der Waals surface area contributed by atoms with Crippen molar-refractivity contribution in [1.82, 2.24) is 5.43 Å². The minimum atomic E-state index is -1.12. The summed E-state index contributed by atoms with van der Waals surface area (Å²) in [7, 11) is 0. The van der Waals surface area contributed by atoms with E-state index in [1.807, 2.05) is 0 Å². The van der Waals surface area contributed by atoms with Crippen molar-refractivity contribution in [2.45, 2.75) is 13.0 Å². The Morgan fingerprint density at radius 1 is 0.950 bits per heavy atom. The number of hydrazine groups is 1. The van der Waals surface area contributed by atoms with Gasteiger partial charge in [0.15, 0.2) is 11.6 Å². The van der Waals surface area contributed by atoms with Crippen LogP contribution in [0.1, 0.15) is 22.7 Å². The number of halogens is 4. The number of rotatable bonds is 3. The molecule has 0 amide bonds. The first-order valence-corrected chi connectivity index (χ1v) is 5.81. The van der Waals surface area contributed by atoms with Gasteiger partial charge in [0, 0.05) is 5.56 Å². The van der Waals surface area contributed by atoms with Crippen molar-refractivity contribution in [3.63, 3.8) is 0 Å². The van der Waals surface area contributed by atoms with E-state index >= 15 is 0 Å². The molecular weight excluding hydrogens is 272 g/mol. The SMILES string of the molecule is Cc1ccc(F)c(C(NN)c2ccc(F)c(F)c2)c1F. The molecule has 2 rings (SSSR count). The third kappa shape index (κ3) is 2.52. The number of nitrogens with one attached hydrogen (secondary N) is 1. The van der Waals surface area contributed by atoms with E-state index in [2.05, 4.69) is 5.43 Å². The number of nitrogens with two attached hydrogens (primary N) is 1. The Kier molecular flexibility index (Phi) is 4.06. The summed E-state index contributed by atoms with van der Waals surface area (Å²) in [6.45, 7) is 1.47. The van der Waals surface area contributed by atoms with E-state index < -0.39 is 29.3 Å². The molecule has 106 valence electrons. The van der Waals surface area contributed by atoms with Crippen molar-refractivity contribution < 1.29 is 17.6 Å². The lowest BCUT2D eigenvalue weighted by Crippen LogP contribution is -2.30. The van der Waals surface area contributed by atoms with E-state index in [4.69, 9.17) is 5.84 Å². The Labute approximate surface area is 113 Å². The zero-order chi connectivity index (χ0) is 14.9. The van der Waals surface area contributed by atoms with Crippen molar-refractivity contribution >= 4 is 0 Å². The monoisotopic (exact) mass is 284 g/mol. The van der Waals surface area contributed by atoms with E-state index in [1.165, 1.54) is 19.1 Å². The van der Waals surface area contributed by atoms with Gasteiger partial charge in [-0.1, -0.05) is 12.1 Å². The van der Waals surface area contributed by atoms with Crippen molar-refractivity contribution in [3.05, 3.63) is 70.3 Å². The quantitative estimate of drug-likeness (QED) is 0.516. The minimum absolute atomic E-state index is 0.120. The fraction of sp³-hybridized carbons (Fsp3) is 0.143. The molecule has 20 heavy (non-hydrogen) atoms. The topological polar surface area (TPSA) is 38.0 Å². The zero-order valence-corrected chi connectivity index (χ0v) is 10.6. The average molecular weight is 284 g/mol. The summed E-state index contributed by atoms with van der Waals surface area (Å²) >= 11 is 0. The van der Waals surface area contributed by atoms with E-state index in [0.29, 0.717) is 0 Å². The van der Waals surface area contributed by atoms with Crippen molar-refractivity contribution in [3.8, 4) is 0 Å². The smallest absolute Gasteiger partial charge is 0.159 e. The Bertz CT molecular complexity index is 643. The molecule has 0 bridgehead atoms. The van der Waals surface area contributed by atoms with Gasteiger partial charge in [-0.25, -0.2) is 23.0 Å². The molecule has 0 radical (unpaired) electrons. The Hall–Kier alpha value is -1.92. The van der Waals surface area contributed by atoms with Crippen molar-refractivity contribution in [1.29, 1.82) is 0 Å². The molecule has 0 spiro atoms. The fourth-order valence-corrected chi connectivity index (χ4v) is 1.98. The highest BCUT2D eigenvalue weighted by Crippen LogP contribution is 2.28. The second-order valence-corrected chi connectivity index (χ2v) is 4.37. The van der Waals surface area contributed by atoms with Crippen LogP contribution in [-0.4, -0.2) is 0 Å². The van der Waals surface area contributed by atoms with Gasteiger partial charge in [0.05, 0.1) is 6.04 Å². The zero-order valence-electron chi connectivity index (χ0n) is 10.6. The van der Waals surface area contributed by atoms with Gasteiger partial charge in [-0.2, -0.15) is 0 Å². The van der Waals surface area contributed by atoms with Crippen LogP contribution < -0.4 is 11.3 Å². The van der Waals surface area contributed by atoms with Gasteiger partial charge in [-0.15, -0.1) is 0 Å². The number of aryl methyl sites for hydroxylation is 1. The summed E-state index contributed by atoms with van der Waals surface area (Å²) in [6.07, 6.45) is 0. The molecule has 2 nitrogen and oxygen atoms in total. The summed E-state index contributed by atoms with van der Waals surface area (Å²) in [6, 6.07) is 4.20. The molecule has 0 aliphatic heterocycles. The van der Waals surface area contributed by atoms with Gasteiger partial charge in [-0.3, -0.25) is 5.84 Å². The largest absolute Gasteiger partial charge is 0.271 e. The van der Waals surface area contributed by atoms with Crippen LogP contribution in [0.25, 0.3) is 0 Å². The molecule has 0 heterocycles. The Morgan fingerprint density at radius 3 is 2.20 bits per heavy atom. The van der Waals surface area contributed by atoms with Gasteiger partial charge in [-0.05, 0) is 36.2 Å². The van der Waals surface area contributed by atoms with Crippen LogP contribution in [0.4, 0.5) is 17.6 Å². The lowest BCUT2D eigenvalue weighted by Gasteiger charge is -2.19. The van der Waals surface area contributed by atoms with Gasteiger partial charge in [0.2, 0.25) is 0 Å². The predicted octanol–water partition coefficient (Wildman–Crippen LogP) is 3.10. The standard InChI is InChI=1S/C14H12F4N2/c1-7-2-4-10(16)12(13(7)18)14(20-19)8-3-5-9(15)11(17)6-8/h2-6,14,20H,19H2,1H3. The molecule has 3 N–H and O–H groups in total. The second-order valence-electron chi connectivity index (χ2n) is 4.37. The van der Waals surface area contributed by atoms with E-state index in [9.17, 15) is 17.6 Å². The maximum atomic E-state index is 14.1. The second kappa shape index (κ2) is 5.60. The normalized spacial score (nSPS) is 12.5. The third-order valence-electron chi connectivity index (χ3n) is 3.05. The maximum absolute atomic E-state index is 14.1. The fourth-order valence-electron chi connectivity index (χ4n) is 1.98. The molecule has 2 aromatic rings. The lowest BCUT2D eigenvalue weighted by molar-refractivity contribution is 0.491. The van der Waals surface area contributed by atoms with Crippen molar-refractivity contribution in [2.24, 2.45) is 5.84 Å². The molecule has 0 aliphatic carbocycles. The molecule has 0 saturated carbocycles. The van der Waals surface area contributed by atoms with E-state index in [-0.39, 0.29) is 16.7 Å². The molecule has 2 aromatic carbocycles. The van der Waals surface area contributed by atoms with Gasteiger partial charge in [0.1, 0.15) is 11.6 Å². The van der Waals surface area contributed by atoms with Gasteiger partial charge < -0.3 is 0 Å². The van der Waals surface area contributed by atoms with E-state index in [1.54, 1.807) is 0 Å². The van der Waals surface area contributed by atoms with Crippen LogP contribution >= 0.6 is 0 Å². The lowest BCUT2D eigenvalue weighted by atomic mass is 9.96. The summed E-state index contributed by atoms with van der Waals surface area (Å²) in [5.41, 5.74) is 2.23. The first kappa shape index (κ1) is 14.5. The maximum Gasteiger partial charge on any atom is 0.159 e. The summed E-state index contributed by atoms with van der Waals surface area (Å²) in [4.78, 5) is 0.